The molecule has 0 aliphatic heterocycles. The lowest BCUT2D eigenvalue weighted by Crippen LogP contribution is -2.10. The van der Waals surface area contributed by atoms with E-state index in [1.54, 1.807) is 0 Å². The topological polar surface area (TPSA) is 29.5 Å². The highest BCUT2D eigenvalue weighted by atomic mass is 16.3. The van der Waals surface area contributed by atoms with Crippen molar-refractivity contribution in [1.29, 1.82) is 0 Å². The Balaban J connectivity index is 1.10. The minimum Gasteiger partial charge on any atom is -0.456 e. The van der Waals surface area contributed by atoms with Crippen molar-refractivity contribution in [2.75, 3.05) is 4.90 Å². The first-order valence-corrected chi connectivity index (χ1v) is 20.8. The van der Waals surface area contributed by atoms with Crippen molar-refractivity contribution in [3.8, 4) is 22.3 Å². The Hall–Kier alpha value is -8.14. The fourth-order valence-corrected chi connectivity index (χ4v) is 9.94. The zero-order chi connectivity index (χ0) is 40.0. The van der Waals surface area contributed by atoms with Gasteiger partial charge < -0.3 is 13.7 Å². The van der Waals surface area contributed by atoms with Gasteiger partial charge in [0.2, 0.25) is 0 Å². The van der Waals surface area contributed by atoms with Gasteiger partial charge in [-0.25, -0.2) is 0 Å². The lowest BCUT2D eigenvalue weighted by molar-refractivity contribution is 0.669. The summed E-state index contributed by atoms with van der Waals surface area (Å²) in [6.45, 7) is 0. The predicted octanol–water partition coefficient (Wildman–Crippen LogP) is 16.9. The molecule has 0 N–H and O–H groups in total. The lowest BCUT2D eigenvalue weighted by Gasteiger charge is -2.27. The number of benzene rings is 11. The Bertz CT molecular complexity index is 3740. The molecule has 13 aromatic rings. The van der Waals surface area contributed by atoms with E-state index in [9.17, 15) is 0 Å². The number of hydrogen-bond donors (Lipinski definition) is 0. The zero-order valence-electron chi connectivity index (χ0n) is 33.0. The van der Waals surface area contributed by atoms with Gasteiger partial charge in [-0.15, -0.1) is 0 Å². The molecule has 0 fully saturated rings. The molecule has 0 saturated carbocycles. The molecule has 61 heavy (non-hydrogen) atoms. The number of fused-ring (bicyclic) bond motifs is 13. The number of furan rings is 2. The fraction of sp³-hybridized carbons (Fsp3) is 0. The Morgan fingerprint density at radius 3 is 1.25 bits per heavy atom. The van der Waals surface area contributed by atoms with E-state index < -0.39 is 0 Å². The maximum atomic E-state index is 6.52. The van der Waals surface area contributed by atoms with Crippen LogP contribution in [0.1, 0.15) is 0 Å². The van der Waals surface area contributed by atoms with Gasteiger partial charge in [-0.3, -0.25) is 0 Å². The largest absolute Gasteiger partial charge is 0.456 e. The standard InChI is InChI=1S/C58H35NO2/c1-2-15-38(16-3-1)55-47-23-10-8-21-45(47)46-22-9-11-24-48(46)56(55)39-17-12-18-40(33-39)59(41-27-31-51-49(34-41)57-43-19-6-4-13-36(43)25-29-53(57)60-51)42-28-32-52-50(35-42)58-44-20-7-5-14-37(44)26-30-54(58)61-52/h1-35H. The monoisotopic (exact) mass is 777 g/mol. The van der Waals surface area contributed by atoms with Gasteiger partial charge in [0.25, 0.3) is 0 Å². The van der Waals surface area contributed by atoms with Gasteiger partial charge >= 0.3 is 0 Å². The molecule has 0 radical (unpaired) electrons. The average molecular weight is 778 g/mol. The third-order valence-corrected chi connectivity index (χ3v) is 12.6. The summed E-state index contributed by atoms with van der Waals surface area (Å²) in [5.74, 6) is 0. The Kier molecular flexibility index (Phi) is 7.31. The van der Waals surface area contributed by atoms with Crippen LogP contribution in [0.5, 0.6) is 0 Å². The summed E-state index contributed by atoms with van der Waals surface area (Å²) in [5, 5.41) is 14.1. The minimum atomic E-state index is 0.863. The maximum Gasteiger partial charge on any atom is 0.136 e. The smallest absolute Gasteiger partial charge is 0.136 e. The first-order chi connectivity index (χ1) is 30.2. The molecule has 0 saturated heterocycles. The molecule has 2 heterocycles. The third kappa shape index (κ3) is 5.17. The molecular formula is C58H35NO2. The van der Waals surface area contributed by atoms with E-state index in [-0.39, 0.29) is 0 Å². The van der Waals surface area contributed by atoms with Gasteiger partial charge in [0.15, 0.2) is 0 Å². The molecule has 11 aromatic carbocycles. The van der Waals surface area contributed by atoms with Crippen LogP contribution in [0.2, 0.25) is 0 Å². The summed E-state index contributed by atoms with van der Waals surface area (Å²) in [5.41, 5.74) is 11.4. The van der Waals surface area contributed by atoms with Gasteiger partial charge in [-0.2, -0.15) is 0 Å². The number of hydrogen-bond acceptors (Lipinski definition) is 3. The minimum absolute atomic E-state index is 0.863. The molecule has 0 spiro atoms. The van der Waals surface area contributed by atoms with Crippen molar-refractivity contribution < 1.29 is 8.83 Å². The SMILES string of the molecule is c1ccc(-c2c(-c3cccc(N(c4ccc5oc6ccc7ccccc7c6c5c4)c4ccc5oc6ccc7ccccc7c6c5c4)c3)c3ccccc3c3ccccc23)cc1. The van der Waals surface area contributed by atoms with Gasteiger partial charge in [0.1, 0.15) is 22.3 Å². The van der Waals surface area contributed by atoms with Crippen molar-refractivity contribution in [3.05, 3.63) is 212 Å². The lowest BCUT2D eigenvalue weighted by atomic mass is 9.85. The molecular weight excluding hydrogens is 743 g/mol. The molecule has 3 nitrogen and oxygen atoms in total. The van der Waals surface area contributed by atoms with Crippen LogP contribution in [0, 0.1) is 0 Å². The van der Waals surface area contributed by atoms with Crippen molar-refractivity contribution in [1.82, 2.24) is 0 Å². The quantitative estimate of drug-likeness (QED) is 0.163. The van der Waals surface area contributed by atoms with Gasteiger partial charge in [0, 0.05) is 38.6 Å². The van der Waals surface area contributed by atoms with Crippen molar-refractivity contribution >= 4 is 104 Å². The summed E-state index contributed by atoms with van der Waals surface area (Å²) >= 11 is 0. The summed E-state index contributed by atoms with van der Waals surface area (Å²) in [7, 11) is 0. The fourth-order valence-electron chi connectivity index (χ4n) is 9.94. The van der Waals surface area contributed by atoms with Gasteiger partial charge in [-0.1, -0.05) is 152 Å². The Labute approximate surface area is 350 Å². The van der Waals surface area contributed by atoms with E-state index >= 15 is 0 Å². The third-order valence-electron chi connectivity index (χ3n) is 12.6. The van der Waals surface area contributed by atoms with Crippen LogP contribution in [-0.4, -0.2) is 0 Å². The number of rotatable bonds is 5. The summed E-state index contributed by atoms with van der Waals surface area (Å²) in [4.78, 5) is 2.39. The van der Waals surface area contributed by atoms with E-state index in [1.165, 1.54) is 59.8 Å². The Morgan fingerprint density at radius 2 is 0.689 bits per heavy atom. The summed E-state index contributed by atoms with van der Waals surface area (Å²) in [6, 6.07) is 76.4. The highest BCUT2D eigenvalue weighted by Crippen LogP contribution is 2.48. The predicted molar refractivity (Wildman–Crippen MR) is 257 cm³/mol. The molecule has 3 heteroatoms. The van der Waals surface area contributed by atoms with E-state index in [0.29, 0.717) is 0 Å². The molecule has 0 atom stereocenters. The second-order valence-corrected chi connectivity index (χ2v) is 16.0. The first-order valence-electron chi connectivity index (χ1n) is 20.8. The van der Waals surface area contributed by atoms with E-state index in [4.69, 9.17) is 8.83 Å². The molecule has 0 bridgehead atoms. The van der Waals surface area contributed by atoms with E-state index in [0.717, 1.165) is 66.5 Å². The zero-order valence-corrected chi connectivity index (χ0v) is 33.0. The Morgan fingerprint density at radius 1 is 0.262 bits per heavy atom. The summed E-state index contributed by atoms with van der Waals surface area (Å²) < 4.78 is 13.0. The first kappa shape index (κ1) is 33.8. The normalized spacial score (nSPS) is 11.9. The van der Waals surface area contributed by atoms with Crippen LogP contribution in [-0.2, 0) is 0 Å². The molecule has 0 amide bonds. The van der Waals surface area contributed by atoms with Crippen LogP contribution in [0.25, 0.3) is 109 Å². The average Bonchev–Trinajstić information content (AvgIpc) is 3.90. The van der Waals surface area contributed by atoms with Crippen molar-refractivity contribution in [2.45, 2.75) is 0 Å². The van der Waals surface area contributed by atoms with Crippen LogP contribution in [0.15, 0.2) is 221 Å². The van der Waals surface area contributed by atoms with E-state index in [2.05, 4.69) is 217 Å². The van der Waals surface area contributed by atoms with Crippen molar-refractivity contribution in [2.24, 2.45) is 0 Å². The molecule has 284 valence electrons. The van der Waals surface area contributed by atoms with Crippen LogP contribution < -0.4 is 4.90 Å². The molecule has 0 unspecified atom stereocenters. The molecule has 0 aliphatic carbocycles. The van der Waals surface area contributed by atoms with Crippen LogP contribution >= 0.6 is 0 Å². The molecule has 13 rings (SSSR count). The van der Waals surface area contributed by atoms with Crippen LogP contribution in [0.3, 0.4) is 0 Å². The van der Waals surface area contributed by atoms with Crippen LogP contribution in [0.4, 0.5) is 17.1 Å². The van der Waals surface area contributed by atoms with Crippen molar-refractivity contribution in [3.63, 3.8) is 0 Å². The number of nitrogens with zero attached hydrogens (tertiary/aromatic N) is 1. The molecule has 0 aliphatic rings. The van der Waals surface area contributed by atoms with Gasteiger partial charge in [0.05, 0.1) is 0 Å². The highest BCUT2D eigenvalue weighted by molar-refractivity contribution is 6.23. The van der Waals surface area contributed by atoms with E-state index in [1.807, 2.05) is 0 Å². The number of anilines is 3. The maximum absolute atomic E-state index is 6.52. The summed E-state index contributed by atoms with van der Waals surface area (Å²) in [6.07, 6.45) is 0. The second kappa shape index (κ2) is 13.2. The van der Waals surface area contributed by atoms with Gasteiger partial charge in [-0.05, 0) is 126 Å². The second-order valence-electron chi connectivity index (χ2n) is 16.0. The molecule has 2 aromatic heterocycles. The highest BCUT2D eigenvalue weighted by Gasteiger charge is 2.22.